The molecule has 15 heteroatoms. The third-order valence-corrected chi connectivity index (χ3v) is 11.0. The van der Waals surface area contributed by atoms with Gasteiger partial charge in [-0.05, 0) is 51.4 Å². The molecule has 0 aromatic heterocycles. The Kier molecular flexibility index (Phi) is 33.0. The molecule has 11 atom stereocenters. The van der Waals surface area contributed by atoms with Crippen LogP contribution in [0.2, 0.25) is 0 Å². The molecule has 0 radical (unpaired) electrons. The van der Waals surface area contributed by atoms with Crippen molar-refractivity contribution in [3.05, 3.63) is 72.9 Å². The molecule has 0 aromatic carbocycles. The maximum Gasteiger partial charge on any atom is 0.306 e. The number of hydrogen-bond donors (Lipinski definition) is 7. The molecule has 2 heterocycles. The smallest absolute Gasteiger partial charge is 0.306 e. The molecule has 0 amide bonds. The van der Waals surface area contributed by atoms with Gasteiger partial charge in [0.15, 0.2) is 18.7 Å². The van der Waals surface area contributed by atoms with E-state index in [0.29, 0.717) is 19.3 Å². The fourth-order valence-electron chi connectivity index (χ4n) is 7.01. The van der Waals surface area contributed by atoms with Crippen LogP contribution in [0.3, 0.4) is 0 Å². The maximum absolute atomic E-state index is 12.9. The van der Waals surface area contributed by atoms with Crippen molar-refractivity contribution >= 4 is 11.9 Å². The second-order valence-electron chi connectivity index (χ2n) is 16.6. The topological polar surface area (TPSA) is 231 Å². The van der Waals surface area contributed by atoms with Gasteiger partial charge in [-0.15, -0.1) is 0 Å². The van der Waals surface area contributed by atoms with E-state index in [1.165, 1.54) is 38.5 Å². The van der Waals surface area contributed by atoms with E-state index < -0.39 is 99.3 Å². The van der Waals surface area contributed by atoms with Crippen LogP contribution in [0, 0.1) is 0 Å². The lowest BCUT2D eigenvalue weighted by Gasteiger charge is -2.42. The molecule has 0 bridgehead atoms. The minimum Gasteiger partial charge on any atom is -0.462 e. The number of hydrogen-bond acceptors (Lipinski definition) is 15. The number of carbonyl (C=O) groups is 2. The van der Waals surface area contributed by atoms with E-state index in [1.807, 2.05) is 18.2 Å². The van der Waals surface area contributed by atoms with Gasteiger partial charge in [0.2, 0.25) is 0 Å². The Balaban J connectivity index is 1.87. The van der Waals surface area contributed by atoms with Crippen molar-refractivity contribution in [2.75, 3.05) is 26.4 Å². The molecule has 0 spiro atoms. The highest BCUT2D eigenvalue weighted by Gasteiger charge is 2.47. The number of carbonyl (C=O) groups excluding carboxylic acids is 2. The van der Waals surface area contributed by atoms with Gasteiger partial charge < -0.3 is 64.2 Å². The van der Waals surface area contributed by atoms with Crippen molar-refractivity contribution in [1.29, 1.82) is 0 Å². The van der Waals surface area contributed by atoms with Crippen LogP contribution in [-0.2, 0) is 38.0 Å². The number of ether oxygens (including phenoxy) is 6. The molecule has 2 rings (SSSR count). The van der Waals surface area contributed by atoms with Crippen molar-refractivity contribution in [3.63, 3.8) is 0 Å². The van der Waals surface area contributed by atoms with Gasteiger partial charge in [-0.2, -0.15) is 0 Å². The Morgan fingerprint density at radius 1 is 0.508 bits per heavy atom. The van der Waals surface area contributed by atoms with Gasteiger partial charge in [0, 0.05) is 12.8 Å². The summed E-state index contributed by atoms with van der Waals surface area (Å²) in [4.78, 5) is 25.6. The quantitative estimate of drug-likeness (QED) is 0.0224. The molecular weight excluding hydrogens is 841 g/mol. The minimum absolute atomic E-state index is 0.0377. The first-order valence-corrected chi connectivity index (χ1v) is 24.0. The van der Waals surface area contributed by atoms with Crippen molar-refractivity contribution in [1.82, 2.24) is 0 Å². The summed E-state index contributed by atoms with van der Waals surface area (Å²) in [7, 11) is 0. The molecule has 0 saturated carbocycles. The van der Waals surface area contributed by atoms with Gasteiger partial charge in [0.25, 0.3) is 0 Å². The van der Waals surface area contributed by atoms with E-state index >= 15 is 0 Å². The fourth-order valence-corrected chi connectivity index (χ4v) is 7.01. The largest absolute Gasteiger partial charge is 0.462 e. The number of rotatable bonds is 35. The Bertz CT molecular complexity index is 1410. The number of aliphatic hydroxyl groups excluding tert-OH is 7. The van der Waals surface area contributed by atoms with Crippen LogP contribution in [0.15, 0.2) is 72.9 Å². The SMILES string of the molecule is CC/C=C\C/C=C\C/C=C\C/C=C\C/C=C\C/C=C\CCC(=O)OC(COC(=O)CCCCCCCCCCCC)COC1OC(COC2OC(CO)C(O)C(O)C2O)C(O)C(O)C1O. The van der Waals surface area contributed by atoms with E-state index in [4.69, 9.17) is 28.4 Å². The Labute approximate surface area is 387 Å². The summed E-state index contributed by atoms with van der Waals surface area (Å²) in [5.74, 6) is -1.03. The zero-order valence-electron chi connectivity index (χ0n) is 38.9. The molecule has 11 unspecified atom stereocenters. The van der Waals surface area contributed by atoms with E-state index in [-0.39, 0.29) is 19.4 Å². The lowest BCUT2D eigenvalue weighted by atomic mass is 9.98. The molecule has 2 aliphatic heterocycles. The van der Waals surface area contributed by atoms with E-state index in [0.717, 1.165) is 51.4 Å². The maximum atomic E-state index is 12.9. The summed E-state index contributed by atoms with van der Waals surface area (Å²) < 4.78 is 33.4. The van der Waals surface area contributed by atoms with Gasteiger partial charge >= 0.3 is 11.9 Å². The van der Waals surface area contributed by atoms with Gasteiger partial charge in [-0.25, -0.2) is 0 Å². The van der Waals surface area contributed by atoms with Gasteiger partial charge in [0.05, 0.1) is 19.8 Å². The van der Waals surface area contributed by atoms with E-state index in [2.05, 4.69) is 68.5 Å². The van der Waals surface area contributed by atoms with Crippen LogP contribution in [0.1, 0.15) is 136 Å². The van der Waals surface area contributed by atoms with Crippen molar-refractivity contribution in [3.8, 4) is 0 Å². The molecule has 65 heavy (non-hydrogen) atoms. The van der Waals surface area contributed by atoms with Crippen LogP contribution >= 0.6 is 0 Å². The van der Waals surface area contributed by atoms with Crippen molar-refractivity contribution < 1.29 is 73.8 Å². The average molecular weight is 923 g/mol. The average Bonchev–Trinajstić information content (AvgIpc) is 3.30. The number of unbranched alkanes of at least 4 members (excludes halogenated alkanes) is 9. The van der Waals surface area contributed by atoms with Crippen molar-refractivity contribution in [2.45, 2.75) is 203 Å². The highest BCUT2D eigenvalue weighted by molar-refractivity contribution is 5.70. The van der Waals surface area contributed by atoms with E-state index in [1.54, 1.807) is 0 Å². The minimum atomic E-state index is -1.78. The normalized spacial score (nSPS) is 27.0. The highest BCUT2D eigenvalue weighted by Crippen LogP contribution is 2.26. The summed E-state index contributed by atoms with van der Waals surface area (Å²) in [5.41, 5.74) is 0. The molecule has 15 nitrogen and oxygen atoms in total. The van der Waals surface area contributed by atoms with E-state index in [9.17, 15) is 45.3 Å². The van der Waals surface area contributed by atoms with Crippen molar-refractivity contribution in [2.24, 2.45) is 0 Å². The van der Waals surface area contributed by atoms with Gasteiger partial charge in [0.1, 0.15) is 55.4 Å². The number of aliphatic hydroxyl groups is 7. The summed E-state index contributed by atoms with van der Waals surface area (Å²) in [6.45, 7) is 2.35. The molecule has 0 aromatic rings. The fraction of sp³-hybridized carbons (Fsp3) is 0.720. The van der Waals surface area contributed by atoms with Gasteiger partial charge in [-0.3, -0.25) is 9.59 Å². The molecular formula is C50H82O15. The molecule has 372 valence electrons. The first-order chi connectivity index (χ1) is 31.5. The third kappa shape index (κ3) is 25.6. The predicted octanol–water partition coefficient (Wildman–Crippen LogP) is 5.87. The Morgan fingerprint density at radius 2 is 0.969 bits per heavy atom. The Morgan fingerprint density at radius 3 is 1.49 bits per heavy atom. The predicted molar refractivity (Wildman–Crippen MR) is 247 cm³/mol. The second-order valence-corrected chi connectivity index (χ2v) is 16.6. The van der Waals surface area contributed by atoms with Crippen LogP contribution in [-0.4, -0.2) is 142 Å². The summed E-state index contributed by atoms with van der Waals surface area (Å²) in [6.07, 6.45) is 25.3. The lowest BCUT2D eigenvalue weighted by Crippen LogP contribution is -2.61. The molecule has 2 aliphatic rings. The molecule has 7 N–H and O–H groups in total. The zero-order chi connectivity index (χ0) is 47.5. The van der Waals surface area contributed by atoms with Gasteiger partial charge in [-0.1, -0.05) is 145 Å². The second kappa shape index (κ2) is 37.0. The van der Waals surface area contributed by atoms with Crippen LogP contribution < -0.4 is 0 Å². The summed E-state index contributed by atoms with van der Waals surface area (Å²) >= 11 is 0. The molecule has 2 saturated heterocycles. The number of allylic oxidation sites excluding steroid dienone is 12. The standard InChI is InChI=1S/C50H82O15/c1-3-5-7-9-11-13-15-16-17-18-19-20-21-22-23-25-27-29-31-33-42(53)63-38(35-60-41(52)32-30-28-26-24-14-12-10-8-6-4-2)36-61-49-48(59)46(57)44(55)40(65-49)37-62-50-47(58)45(56)43(54)39(34-51)64-50/h5,7,11,13,16-17,19-20,22-23,27,29,38-40,43-51,54-59H,3-4,6,8-10,12,14-15,18,21,24-26,28,30-37H2,1-2H3/b7-5-,13-11-,17-16-,20-19-,23-22-,29-27-. The monoisotopic (exact) mass is 923 g/mol. The zero-order valence-corrected chi connectivity index (χ0v) is 38.9. The van der Waals surface area contributed by atoms with Crippen LogP contribution in [0.5, 0.6) is 0 Å². The molecule has 2 fully saturated rings. The first kappa shape index (κ1) is 58.1. The molecule has 0 aliphatic carbocycles. The summed E-state index contributed by atoms with van der Waals surface area (Å²) in [5, 5.41) is 71.9. The third-order valence-electron chi connectivity index (χ3n) is 11.0. The first-order valence-electron chi connectivity index (χ1n) is 24.0. The Hall–Kier alpha value is -3.06. The van der Waals surface area contributed by atoms with Crippen LogP contribution in [0.4, 0.5) is 0 Å². The lowest BCUT2D eigenvalue weighted by molar-refractivity contribution is -0.332. The number of esters is 2. The summed E-state index contributed by atoms with van der Waals surface area (Å²) in [6, 6.07) is 0. The van der Waals surface area contributed by atoms with Crippen LogP contribution in [0.25, 0.3) is 0 Å². The highest BCUT2D eigenvalue weighted by atomic mass is 16.7.